The number of rotatable bonds is 6. The van der Waals surface area contributed by atoms with Gasteiger partial charge in [0.15, 0.2) is 11.6 Å². The molecule has 24 heavy (non-hydrogen) atoms. The quantitative estimate of drug-likeness (QED) is 0.173. The average Bonchev–Trinajstić information content (AvgIpc) is 2.51. The number of esters is 1. The van der Waals surface area contributed by atoms with Crippen LogP contribution in [0.1, 0.15) is 26.3 Å². The first-order chi connectivity index (χ1) is 11.1. The van der Waals surface area contributed by atoms with Gasteiger partial charge >= 0.3 is 5.97 Å². The summed E-state index contributed by atoms with van der Waals surface area (Å²) in [5.74, 6) is -4.17. The first kappa shape index (κ1) is 20.5. The molecule has 2 N–H and O–H groups in total. The van der Waals surface area contributed by atoms with Gasteiger partial charge in [0, 0.05) is 9.78 Å². The summed E-state index contributed by atoms with van der Waals surface area (Å²) in [5, 5.41) is 19.5. The molecule has 0 aliphatic heterocycles. The van der Waals surface area contributed by atoms with Gasteiger partial charge in [-0.05, 0) is 55.5 Å². The number of aliphatic imine (C=N–C) groups is 1. The van der Waals surface area contributed by atoms with Gasteiger partial charge in [-0.1, -0.05) is 0 Å². The summed E-state index contributed by atoms with van der Waals surface area (Å²) in [5.41, 5.74) is -1.83. The lowest BCUT2D eigenvalue weighted by Gasteiger charge is -2.16. The third-order valence-electron chi connectivity index (χ3n) is 2.93. The molecular formula is C16H18F2INO4. The second kappa shape index (κ2) is 8.52. The summed E-state index contributed by atoms with van der Waals surface area (Å²) in [6, 6.07) is 2.15. The van der Waals surface area contributed by atoms with Crippen LogP contribution in [0.25, 0.3) is 5.76 Å². The molecule has 0 aliphatic rings. The van der Waals surface area contributed by atoms with Crippen molar-refractivity contribution < 1.29 is 28.5 Å². The highest BCUT2D eigenvalue weighted by Gasteiger charge is 2.22. The first-order valence-corrected chi connectivity index (χ1v) is 8.12. The van der Waals surface area contributed by atoms with Crippen LogP contribution in [0.2, 0.25) is 0 Å². The van der Waals surface area contributed by atoms with Crippen molar-refractivity contribution in [3.05, 3.63) is 38.5 Å². The Labute approximate surface area is 152 Å². The number of halogens is 3. The number of ether oxygens (including phenoxy) is 1. The SMILES string of the molecule is CCOC(=O)/C(C=NC(C)(C)CO)=C(/O)c1cc(I)cc(F)c1F. The second-order valence-corrected chi connectivity index (χ2v) is 6.71. The van der Waals surface area contributed by atoms with Crippen LogP contribution in [0.3, 0.4) is 0 Å². The molecule has 0 spiro atoms. The van der Waals surface area contributed by atoms with Gasteiger partial charge in [-0.3, -0.25) is 4.99 Å². The topological polar surface area (TPSA) is 79.1 Å². The summed E-state index contributed by atoms with van der Waals surface area (Å²) in [7, 11) is 0. The summed E-state index contributed by atoms with van der Waals surface area (Å²) in [6.07, 6.45) is 0.987. The molecular weight excluding hydrogens is 435 g/mol. The number of hydrogen-bond donors (Lipinski definition) is 2. The molecule has 8 heteroatoms. The van der Waals surface area contributed by atoms with Crippen LogP contribution < -0.4 is 0 Å². The van der Waals surface area contributed by atoms with Gasteiger partial charge in [-0.25, -0.2) is 13.6 Å². The lowest BCUT2D eigenvalue weighted by molar-refractivity contribution is -0.137. The second-order valence-electron chi connectivity index (χ2n) is 5.46. The van der Waals surface area contributed by atoms with E-state index in [1.165, 1.54) is 6.07 Å². The van der Waals surface area contributed by atoms with E-state index in [-0.39, 0.29) is 13.2 Å². The molecule has 0 aromatic heterocycles. The molecule has 0 aliphatic carbocycles. The van der Waals surface area contributed by atoms with E-state index >= 15 is 0 Å². The molecule has 0 atom stereocenters. The van der Waals surface area contributed by atoms with Crippen molar-refractivity contribution in [1.29, 1.82) is 0 Å². The Balaban J connectivity index is 3.51. The van der Waals surface area contributed by atoms with Gasteiger partial charge < -0.3 is 14.9 Å². The normalized spacial score (nSPS) is 13.1. The van der Waals surface area contributed by atoms with Gasteiger partial charge in [0.25, 0.3) is 0 Å². The van der Waals surface area contributed by atoms with Crippen molar-refractivity contribution in [1.82, 2.24) is 0 Å². The third kappa shape index (κ3) is 5.23. The highest BCUT2D eigenvalue weighted by molar-refractivity contribution is 14.1. The smallest absolute Gasteiger partial charge is 0.343 e. The molecule has 0 unspecified atom stereocenters. The fourth-order valence-corrected chi connectivity index (χ4v) is 2.16. The van der Waals surface area contributed by atoms with E-state index in [1.807, 2.05) is 0 Å². The highest BCUT2D eigenvalue weighted by atomic mass is 127. The first-order valence-electron chi connectivity index (χ1n) is 7.04. The van der Waals surface area contributed by atoms with E-state index in [4.69, 9.17) is 4.74 Å². The molecule has 0 fully saturated rings. The molecule has 0 radical (unpaired) electrons. The summed E-state index contributed by atoms with van der Waals surface area (Å²) in [4.78, 5) is 16.0. The average molecular weight is 453 g/mol. The Hall–Kier alpha value is -1.55. The maximum Gasteiger partial charge on any atom is 0.343 e. The van der Waals surface area contributed by atoms with Crippen LogP contribution in [0, 0.1) is 15.2 Å². The predicted octanol–water partition coefficient (Wildman–Crippen LogP) is 3.24. The van der Waals surface area contributed by atoms with Gasteiger partial charge in [0.1, 0.15) is 11.3 Å². The van der Waals surface area contributed by atoms with E-state index in [9.17, 15) is 23.8 Å². The summed E-state index contributed by atoms with van der Waals surface area (Å²) < 4.78 is 32.7. The van der Waals surface area contributed by atoms with Crippen LogP contribution >= 0.6 is 22.6 Å². The Morgan fingerprint density at radius 1 is 1.42 bits per heavy atom. The fraction of sp³-hybridized carbons (Fsp3) is 0.375. The summed E-state index contributed by atoms with van der Waals surface area (Å²) in [6.45, 7) is 4.46. The number of aliphatic hydroxyl groups excluding tert-OH is 2. The largest absolute Gasteiger partial charge is 0.506 e. The summed E-state index contributed by atoms with van der Waals surface area (Å²) >= 11 is 1.76. The van der Waals surface area contributed by atoms with Gasteiger partial charge in [-0.2, -0.15) is 0 Å². The number of benzene rings is 1. The molecule has 0 amide bonds. The fourth-order valence-electron chi connectivity index (χ4n) is 1.57. The van der Waals surface area contributed by atoms with E-state index < -0.39 is 40.0 Å². The minimum Gasteiger partial charge on any atom is -0.506 e. The number of carbonyl (C=O) groups excluding carboxylic acids is 1. The van der Waals surface area contributed by atoms with Crippen LogP contribution in [-0.4, -0.2) is 41.1 Å². The lowest BCUT2D eigenvalue weighted by Crippen LogP contribution is -2.23. The maximum atomic E-state index is 14.0. The van der Waals surface area contributed by atoms with Crippen LogP contribution in [0.5, 0.6) is 0 Å². The minimum absolute atomic E-state index is 0.0238. The Morgan fingerprint density at radius 3 is 2.58 bits per heavy atom. The molecule has 0 bridgehead atoms. The van der Waals surface area contributed by atoms with Gasteiger partial charge in [-0.15, -0.1) is 0 Å². The van der Waals surface area contributed by atoms with E-state index in [0.29, 0.717) is 3.57 Å². The molecule has 0 heterocycles. The minimum atomic E-state index is -1.29. The molecule has 132 valence electrons. The molecule has 1 aromatic rings. The number of carbonyl (C=O) groups is 1. The number of nitrogens with zero attached hydrogens (tertiary/aromatic N) is 1. The monoisotopic (exact) mass is 453 g/mol. The van der Waals surface area contributed by atoms with Crippen molar-refractivity contribution in [2.75, 3.05) is 13.2 Å². The van der Waals surface area contributed by atoms with Crippen molar-refractivity contribution in [2.45, 2.75) is 26.3 Å². The maximum absolute atomic E-state index is 14.0. The Kier molecular flexibility index (Phi) is 7.27. The van der Waals surface area contributed by atoms with Gasteiger partial charge in [0.2, 0.25) is 0 Å². The van der Waals surface area contributed by atoms with Crippen molar-refractivity contribution in [2.24, 2.45) is 4.99 Å². The molecule has 5 nitrogen and oxygen atoms in total. The Bertz CT molecular complexity index is 687. The number of hydrogen-bond acceptors (Lipinski definition) is 5. The van der Waals surface area contributed by atoms with Crippen LogP contribution in [-0.2, 0) is 9.53 Å². The third-order valence-corrected chi connectivity index (χ3v) is 3.55. The van der Waals surface area contributed by atoms with E-state index in [0.717, 1.165) is 12.3 Å². The van der Waals surface area contributed by atoms with E-state index in [2.05, 4.69) is 4.99 Å². The molecule has 1 aromatic carbocycles. The van der Waals surface area contributed by atoms with Crippen molar-refractivity contribution >= 4 is 40.5 Å². The van der Waals surface area contributed by atoms with Crippen molar-refractivity contribution in [3.63, 3.8) is 0 Å². The zero-order valence-corrected chi connectivity index (χ0v) is 15.6. The van der Waals surface area contributed by atoms with Crippen molar-refractivity contribution in [3.8, 4) is 0 Å². The standard InChI is InChI=1S/C16H18F2INO4/c1-4-24-15(23)11(7-20-16(2,3)8-21)14(22)10-5-9(19)6-12(17)13(10)18/h5-7,21-22H,4,8H2,1-3H3/b14-11+,20-7?. The lowest BCUT2D eigenvalue weighted by atomic mass is 10.1. The van der Waals surface area contributed by atoms with Gasteiger partial charge in [0.05, 0.1) is 24.3 Å². The zero-order valence-electron chi connectivity index (χ0n) is 13.4. The van der Waals surface area contributed by atoms with Crippen LogP contribution in [0.15, 0.2) is 22.7 Å². The Morgan fingerprint density at radius 2 is 2.04 bits per heavy atom. The van der Waals surface area contributed by atoms with E-state index in [1.54, 1.807) is 43.4 Å². The molecule has 0 saturated heterocycles. The molecule has 0 saturated carbocycles. The highest BCUT2D eigenvalue weighted by Crippen LogP contribution is 2.24. The zero-order chi connectivity index (χ0) is 18.5. The van der Waals surface area contributed by atoms with Crippen LogP contribution in [0.4, 0.5) is 8.78 Å². The molecule has 1 rings (SSSR count). The predicted molar refractivity (Wildman–Crippen MR) is 94.9 cm³/mol. The number of aliphatic hydroxyl groups is 2.